The van der Waals surface area contributed by atoms with Gasteiger partial charge in [0.25, 0.3) is 0 Å². The van der Waals surface area contributed by atoms with Crippen molar-refractivity contribution in [3.8, 4) is 5.75 Å². The van der Waals surface area contributed by atoms with Crippen LogP contribution in [-0.4, -0.2) is 43.1 Å². The lowest BCUT2D eigenvalue weighted by Gasteiger charge is -2.34. The molecule has 1 N–H and O–H groups in total. The van der Waals surface area contributed by atoms with Gasteiger partial charge in [0.2, 0.25) is 5.91 Å². The molecular formula is C20H30ClFN2O2. The molecule has 1 aromatic rings. The summed E-state index contributed by atoms with van der Waals surface area (Å²) in [4.78, 5) is 14.6. The molecule has 1 unspecified atom stereocenters. The molecule has 0 bridgehead atoms. The molecule has 2 aliphatic heterocycles. The molecule has 0 aromatic heterocycles. The van der Waals surface area contributed by atoms with Gasteiger partial charge in [0.1, 0.15) is 17.7 Å². The molecule has 0 radical (unpaired) electrons. The predicted octanol–water partition coefficient (Wildman–Crippen LogP) is 3.64. The van der Waals surface area contributed by atoms with Crippen molar-refractivity contribution < 1.29 is 13.9 Å². The van der Waals surface area contributed by atoms with E-state index in [1.165, 1.54) is 25.0 Å². The minimum atomic E-state index is -0.254. The minimum absolute atomic E-state index is 0. The predicted molar refractivity (Wildman–Crippen MR) is 103 cm³/mol. The maximum absolute atomic E-state index is 12.9. The Morgan fingerprint density at radius 2 is 1.81 bits per heavy atom. The normalized spacial score (nSPS) is 20.3. The molecule has 1 atom stereocenters. The van der Waals surface area contributed by atoms with Gasteiger partial charge in [0.05, 0.1) is 0 Å². The largest absolute Gasteiger partial charge is 0.490 e. The van der Waals surface area contributed by atoms with E-state index in [9.17, 15) is 9.18 Å². The number of nitrogens with zero attached hydrogens (tertiary/aromatic N) is 1. The summed E-state index contributed by atoms with van der Waals surface area (Å²) in [6.07, 6.45) is 4.81. The lowest BCUT2D eigenvalue weighted by molar-refractivity contribution is -0.134. The molecule has 0 spiro atoms. The molecule has 0 aliphatic carbocycles. The first-order chi connectivity index (χ1) is 12.1. The Bertz CT molecular complexity index is 555. The van der Waals surface area contributed by atoms with Crippen molar-refractivity contribution in [2.45, 2.75) is 45.1 Å². The zero-order chi connectivity index (χ0) is 17.6. The van der Waals surface area contributed by atoms with E-state index in [0.717, 1.165) is 39.0 Å². The molecule has 0 saturated carbocycles. The number of benzene rings is 1. The third kappa shape index (κ3) is 5.85. The fourth-order valence-corrected chi connectivity index (χ4v) is 3.91. The molecule has 6 heteroatoms. The molecule has 1 amide bonds. The summed E-state index contributed by atoms with van der Waals surface area (Å²) >= 11 is 0. The van der Waals surface area contributed by atoms with Gasteiger partial charge in [-0.2, -0.15) is 0 Å². The van der Waals surface area contributed by atoms with E-state index in [2.05, 4.69) is 12.2 Å². The van der Waals surface area contributed by atoms with Crippen molar-refractivity contribution in [2.24, 2.45) is 11.8 Å². The van der Waals surface area contributed by atoms with Crippen molar-refractivity contribution in [1.82, 2.24) is 10.2 Å². The fourth-order valence-electron chi connectivity index (χ4n) is 3.91. The number of hydrogen-bond donors (Lipinski definition) is 1. The van der Waals surface area contributed by atoms with Crippen molar-refractivity contribution in [3.63, 3.8) is 0 Å². The third-order valence-corrected chi connectivity index (χ3v) is 5.60. The first-order valence-electron chi connectivity index (χ1n) is 9.52. The van der Waals surface area contributed by atoms with Gasteiger partial charge < -0.3 is 15.0 Å². The van der Waals surface area contributed by atoms with Gasteiger partial charge in [-0.15, -0.1) is 12.4 Å². The van der Waals surface area contributed by atoms with Crippen molar-refractivity contribution in [2.75, 3.05) is 26.2 Å². The quantitative estimate of drug-likeness (QED) is 0.842. The molecule has 3 rings (SSSR count). The van der Waals surface area contributed by atoms with Crippen LogP contribution in [0.4, 0.5) is 4.39 Å². The second-order valence-electron chi connectivity index (χ2n) is 7.42. The van der Waals surface area contributed by atoms with E-state index in [0.29, 0.717) is 24.0 Å². The Morgan fingerprint density at radius 3 is 2.42 bits per heavy atom. The number of amides is 1. The number of likely N-dealkylation sites (tertiary alicyclic amines) is 1. The summed E-state index contributed by atoms with van der Waals surface area (Å²) in [5.41, 5.74) is 0. The van der Waals surface area contributed by atoms with Crippen LogP contribution in [0.2, 0.25) is 0 Å². The smallest absolute Gasteiger partial charge is 0.222 e. The molecule has 4 nitrogen and oxygen atoms in total. The van der Waals surface area contributed by atoms with Gasteiger partial charge in [0, 0.05) is 32.4 Å². The number of nitrogens with one attached hydrogen (secondary N) is 1. The molecule has 26 heavy (non-hydrogen) atoms. The number of rotatable bonds is 5. The van der Waals surface area contributed by atoms with Crippen LogP contribution in [0.15, 0.2) is 24.3 Å². The maximum atomic E-state index is 12.9. The number of carbonyl (C=O) groups excluding carboxylic acids is 1. The summed E-state index contributed by atoms with van der Waals surface area (Å²) in [5, 5.41) is 3.38. The van der Waals surface area contributed by atoms with Crippen LogP contribution in [0.3, 0.4) is 0 Å². The average molecular weight is 385 g/mol. The van der Waals surface area contributed by atoms with Crippen molar-refractivity contribution in [1.29, 1.82) is 0 Å². The number of piperidine rings is 2. The fraction of sp³-hybridized carbons (Fsp3) is 0.650. The number of hydrogen-bond acceptors (Lipinski definition) is 3. The monoisotopic (exact) mass is 384 g/mol. The highest BCUT2D eigenvalue weighted by Gasteiger charge is 2.27. The zero-order valence-corrected chi connectivity index (χ0v) is 16.3. The Morgan fingerprint density at radius 1 is 1.19 bits per heavy atom. The van der Waals surface area contributed by atoms with Gasteiger partial charge in [0.15, 0.2) is 0 Å². The standard InChI is InChI=1S/C20H29FN2O2.ClH/c1-15(16-6-10-22-11-7-16)14-20(24)23-12-8-19(9-13-23)25-18-4-2-17(21)3-5-18;/h2-5,15-16,19,22H,6-14H2,1H3;1H. The average Bonchev–Trinajstić information content (AvgIpc) is 2.65. The number of ether oxygens (including phenoxy) is 1. The van der Waals surface area contributed by atoms with Crippen molar-refractivity contribution in [3.05, 3.63) is 30.1 Å². The van der Waals surface area contributed by atoms with E-state index >= 15 is 0 Å². The molecule has 2 aliphatic rings. The summed E-state index contributed by atoms with van der Waals surface area (Å²) in [5.74, 6) is 1.86. The van der Waals surface area contributed by atoms with Gasteiger partial charge >= 0.3 is 0 Å². The van der Waals surface area contributed by atoms with Gasteiger partial charge in [-0.25, -0.2) is 4.39 Å². The maximum Gasteiger partial charge on any atom is 0.222 e. The molecular weight excluding hydrogens is 355 g/mol. The van der Waals surface area contributed by atoms with Crippen LogP contribution in [0.25, 0.3) is 0 Å². The van der Waals surface area contributed by atoms with Crippen LogP contribution in [0.1, 0.15) is 39.0 Å². The Hall–Kier alpha value is -1.33. The highest BCUT2D eigenvalue weighted by molar-refractivity contribution is 5.85. The van der Waals surface area contributed by atoms with E-state index in [4.69, 9.17) is 4.74 Å². The topological polar surface area (TPSA) is 41.6 Å². The lowest BCUT2D eigenvalue weighted by atomic mass is 9.84. The summed E-state index contributed by atoms with van der Waals surface area (Å²) in [6, 6.07) is 6.15. The number of halogens is 2. The lowest BCUT2D eigenvalue weighted by Crippen LogP contribution is -2.43. The zero-order valence-electron chi connectivity index (χ0n) is 15.5. The highest BCUT2D eigenvalue weighted by atomic mass is 35.5. The van der Waals surface area contributed by atoms with Crippen LogP contribution in [0.5, 0.6) is 5.75 Å². The summed E-state index contributed by atoms with van der Waals surface area (Å²) in [6.45, 7) is 5.89. The SMILES string of the molecule is CC(CC(=O)N1CCC(Oc2ccc(F)cc2)CC1)C1CCNCC1.Cl. The van der Waals surface area contributed by atoms with Crippen molar-refractivity contribution >= 4 is 18.3 Å². The van der Waals surface area contributed by atoms with E-state index in [1.54, 1.807) is 12.1 Å². The van der Waals surface area contributed by atoms with Crippen LogP contribution in [0, 0.1) is 17.7 Å². The second kappa shape index (κ2) is 10.1. The van der Waals surface area contributed by atoms with Gasteiger partial charge in [-0.3, -0.25) is 4.79 Å². The summed E-state index contributed by atoms with van der Waals surface area (Å²) < 4.78 is 18.8. The minimum Gasteiger partial charge on any atom is -0.490 e. The molecule has 2 fully saturated rings. The van der Waals surface area contributed by atoms with Crippen LogP contribution < -0.4 is 10.1 Å². The number of carbonyl (C=O) groups is 1. The molecule has 146 valence electrons. The van der Waals surface area contributed by atoms with E-state index in [1.807, 2.05) is 4.90 Å². The van der Waals surface area contributed by atoms with E-state index in [-0.39, 0.29) is 30.2 Å². The Kier molecular flexibility index (Phi) is 8.16. The second-order valence-corrected chi connectivity index (χ2v) is 7.42. The Balaban J connectivity index is 0.00000243. The molecule has 1 aromatic carbocycles. The third-order valence-electron chi connectivity index (χ3n) is 5.60. The highest BCUT2D eigenvalue weighted by Crippen LogP contribution is 2.26. The molecule has 2 heterocycles. The Labute approximate surface area is 161 Å². The van der Waals surface area contributed by atoms with Gasteiger partial charge in [-0.05, 0) is 62.0 Å². The van der Waals surface area contributed by atoms with E-state index < -0.39 is 0 Å². The van der Waals surface area contributed by atoms with Crippen LogP contribution >= 0.6 is 12.4 Å². The first kappa shape index (κ1) is 21.0. The first-order valence-corrected chi connectivity index (χ1v) is 9.52. The molecule has 2 saturated heterocycles. The van der Waals surface area contributed by atoms with Crippen LogP contribution in [-0.2, 0) is 4.79 Å². The van der Waals surface area contributed by atoms with Gasteiger partial charge in [-0.1, -0.05) is 6.92 Å². The summed E-state index contributed by atoms with van der Waals surface area (Å²) in [7, 11) is 0.